The van der Waals surface area contributed by atoms with Gasteiger partial charge in [-0.25, -0.2) is 14.0 Å². The summed E-state index contributed by atoms with van der Waals surface area (Å²) in [7, 11) is 1.39. The number of azide groups is 10. The Morgan fingerprint density at radius 2 is 0.735 bits per heavy atom. The lowest BCUT2D eigenvalue weighted by Crippen LogP contribution is -2.51. The van der Waals surface area contributed by atoms with Gasteiger partial charge >= 0.3 is 23.9 Å². The molecule has 0 aliphatic rings. The van der Waals surface area contributed by atoms with Crippen LogP contribution in [0.5, 0.6) is 0 Å². The first-order chi connectivity index (χ1) is 46.2. The fourth-order valence-corrected chi connectivity index (χ4v) is 7.82. The molecule has 0 saturated carbocycles. The van der Waals surface area contributed by atoms with E-state index in [0.29, 0.717) is 17.1 Å². The van der Waals surface area contributed by atoms with E-state index in [2.05, 4.69) is 206 Å². The zero-order chi connectivity index (χ0) is 74.7. The SMILES string of the molecule is C#CCOC(=O)C(C)(C)Br.CC(CCC(CCC(C)n1cc(COC(=O)C(C)(C)Br)nn1)n1cc(COC(=O)C(C)(C)Br)nn1)n1cc(COC(=O)C(C)(C)Br)nn1.CN=[N+]=[N-].[N-]=[N+]=NCC(N=[N+]=[N-])C(N=[N+]=[N-])C(N=[N+]=[N-])C(N=[N+]=[N-])C(N=[N+]=[N-])C(N=[N+]=[N-])C(CN=[N+]=[N-])N=[N+]=[N-]. The van der Waals surface area contributed by atoms with E-state index in [4.69, 9.17) is 75.9 Å². The molecule has 0 fully saturated rings. The summed E-state index contributed by atoms with van der Waals surface area (Å²) in [6.45, 7) is 16.7. The number of terminal acetylenes is 1. The van der Waals surface area contributed by atoms with Gasteiger partial charge in [0.2, 0.25) is 0 Å². The topological polar surface area (TPSA) is 685 Å². The van der Waals surface area contributed by atoms with E-state index >= 15 is 0 Å². The van der Waals surface area contributed by atoms with Gasteiger partial charge in [-0.15, -0.1) is 21.7 Å². The fourth-order valence-electron chi connectivity index (χ4n) is 7.36. The Bertz CT molecular complexity index is 3490. The molecule has 8 unspecified atom stereocenters. The van der Waals surface area contributed by atoms with Crippen LogP contribution in [0, 0.1) is 12.3 Å². The van der Waals surface area contributed by atoms with Crippen LogP contribution in [0.2, 0.25) is 0 Å². The zero-order valence-corrected chi connectivity index (χ0v) is 60.7. The molecule has 3 rings (SSSR count). The molecule has 0 radical (unpaired) electrons. The summed E-state index contributed by atoms with van der Waals surface area (Å²) in [6.07, 6.45) is 13.2. The molecule has 3 heterocycles. The van der Waals surface area contributed by atoms with E-state index in [0.717, 1.165) is 25.7 Å². The molecular formula is C47H67Br4N39O8. The van der Waals surface area contributed by atoms with Gasteiger partial charge in [-0.1, -0.05) is 136 Å². The number of carbonyl (C=O) groups excluding carboxylic acids is 4. The van der Waals surface area contributed by atoms with Gasteiger partial charge in [-0.2, -0.15) is 0 Å². The lowest BCUT2D eigenvalue weighted by Gasteiger charge is -2.34. The van der Waals surface area contributed by atoms with Crippen LogP contribution >= 0.6 is 63.7 Å². The largest absolute Gasteiger partial charge is 0.458 e. The minimum Gasteiger partial charge on any atom is -0.458 e. The molecule has 0 aliphatic heterocycles. The van der Waals surface area contributed by atoms with Crippen LogP contribution in [-0.2, 0) is 57.9 Å². The van der Waals surface area contributed by atoms with E-state index < -0.39 is 78.6 Å². The average molecular weight is 1630 g/mol. The maximum absolute atomic E-state index is 12.2. The predicted octanol–water partition coefficient (Wildman–Crippen LogP) is 14.4. The maximum Gasteiger partial charge on any atom is 0.323 e. The maximum atomic E-state index is 12.2. The Morgan fingerprint density at radius 1 is 0.459 bits per heavy atom. The fraction of sp³-hybridized carbons (Fsp3) is 0.745. The Hall–Kier alpha value is -10.1. The number of halogens is 4. The van der Waals surface area contributed by atoms with Gasteiger partial charge in [-0.3, -0.25) is 19.2 Å². The molecule has 47 nitrogen and oxygen atoms in total. The molecule has 0 bridgehead atoms. The zero-order valence-electron chi connectivity index (χ0n) is 54.4. The smallest absolute Gasteiger partial charge is 0.323 e. The van der Waals surface area contributed by atoms with Crippen molar-refractivity contribution in [3.05, 3.63) is 140 Å². The quantitative estimate of drug-likeness (QED) is 0.00985. The molecule has 51 heteroatoms. The number of alkyl halides is 4. The number of ether oxygens (including phenoxy) is 4. The van der Waals surface area contributed by atoms with Gasteiger partial charge in [0.1, 0.15) is 54.2 Å². The molecule has 526 valence electrons. The average Bonchev–Trinajstić information content (AvgIpc) is 1.25. The van der Waals surface area contributed by atoms with Crippen LogP contribution < -0.4 is 0 Å². The van der Waals surface area contributed by atoms with Gasteiger partial charge in [0.05, 0.1) is 79.0 Å². The summed E-state index contributed by atoms with van der Waals surface area (Å²) in [5.74, 6) is 0.699. The van der Waals surface area contributed by atoms with E-state index in [-0.39, 0.29) is 62.5 Å². The van der Waals surface area contributed by atoms with Crippen LogP contribution in [0.25, 0.3) is 104 Å². The highest BCUT2D eigenvalue weighted by Crippen LogP contribution is 2.31. The van der Waals surface area contributed by atoms with Crippen molar-refractivity contribution in [3.8, 4) is 12.3 Å². The van der Waals surface area contributed by atoms with Crippen molar-refractivity contribution >= 4 is 87.6 Å². The number of carbonyl (C=O) groups is 4. The molecule has 0 N–H and O–H groups in total. The van der Waals surface area contributed by atoms with Gasteiger partial charge < -0.3 is 18.9 Å². The molecule has 8 atom stereocenters. The van der Waals surface area contributed by atoms with E-state index in [1.165, 1.54) is 7.05 Å². The van der Waals surface area contributed by atoms with Crippen molar-refractivity contribution in [1.82, 2.24) is 45.0 Å². The van der Waals surface area contributed by atoms with Gasteiger partial charge in [-0.05, 0) is 150 Å². The number of esters is 4. The minimum absolute atomic E-state index is 0.00449. The first kappa shape index (κ1) is 87.9. The van der Waals surface area contributed by atoms with Crippen molar-refractivity contribution in [1.29, 1.82) is 0 Å². The Morgan fingerprint density at radius 3 is 1.01 bits per heavy atom. The van der Waals surface area contributed by atoms with Gasteiger partial charge in [0.25, 0.3) is 0 Å². The monoisotopic (exact) mass is 1620 g/mol. The summed E-state index contributed by atoms with van der Waals surface area (Å²) < 4.78 is 23.0. The first-order valence-corrected chi connectivity index (χ1v) is 31.2. The first-order valence-electron chi connectivity index (χ1n) is 28.0. The number of nitrogens with zero attached hydrogens (tertiary/aromatic N) is 39. The number of rotatable bonds is 37. The lowest BCUT2D eigenvalue weighted by molar-refractivity contribution is -0.147. The third-order valence-electron chi connectivity index (χ3n) is 12.3. The standard InChI is InChI=1S/C30H44Br3N9O6.C9H11N27.C7H9BrO2.CH3N3/c1-19(40-13-21(34-37-40)16-46-25(43)28(3,4)31)9-11-24(42-15-23(36-39-42)18-48-27(45)30(7,8)33)12-10-20(2)41-14-22(35-38-41)17-47-26(44)29(5,6)32;10-28-19-1-3(21-30-12)5(23-32-14)7(25-34-16)9(27-36-18)8(26-35-17)6(24-33-15)4(22-31-13)2-20-29-11;1-4-5-10-6(9)7(2,3)8;1-3-4-2/h13-15,19-20,24H,9-12,16-18H2,1-8H3;3-9H,1-2H2;1H,5H2,2-3H3;1H3. The van der Waals surface area contributed by atoms with Crippen LogP contribution in [0.15, 0.2) is 69.7 Å². The van der Waals surface area contributed by atoms with Gasteiger partial charge in [0, 0.05) is 69.3 Å². The highest BCUT2D eigenvalue weighted by molar-refractivity contribution is 9.10. The van der Waals surface area contributed by atoms with E-state index in [9.17, 15) is 19.2 Å². The van der Waals surface area contributed by atoms with E-state index in [1.54, 1.807) is 83.3 Å². The van der Waals surface area contributed by atoms with Crippen LogP contribution in [0.1, 0.15) is 130 Å². The van der Waals surface area contributed by atoms with Crippen molar-refractivity contribution in [2.75, 3.05) is 26.7 Å². The summed E-state index contributed by atoms with van der Waals surface area (Å²) in [6, 6.07) is -12.0. The summed E-state index contributed by atoms with van der Waals surface area (Å²) in [5.41, 5.74) is 89.4. The second kappa shape index (κ2) is 46.1. The Balaban J connectivity index is 0.00000165. The highest BCUT2D eigenvalue weighted by atomic mass is 79.9. The number of hydrogen-bond donors (Lipinski definition) is 0. The number of hydrogen-bond acceptors (Lipinski definition) is 24. The second-order valence-corrected chi connectivity index (χ2v) is 29.5. The van der Waals surface area contributed by atoms with Crippen molar-refractivity contribution < 1.29 is 38.1 Å². The number of aromatic nitrogens is 9. The van der Waals surface area contributed by atoms with Crippen LogP contribution in [0.3, 0.4) is 0 Å². The Labute approximate surface area is 590 Å². The molecule has 3 aromatic rings. The minimum atomic E-state index is -1.85. The van der Waals surface area contributed by atoms with Crippen molar-refractivity contribution in [3.63, 3.8) is 0 Å². The lowest BCUT2D eigenvalue weighted by atomic mass is 9.86. The third-order valence-corrected chi connectivity index (χ3v) is 13.6. The molecule has 3 aromatic heterocycles. The normalized spacial score (nSPS) is 13.6. The van der Waals surface area contributed by atoms with Crippen LogP contribution in [-0.4, -0.2) is 155 Å². The molecule has 0 spiro atoms. The summed E-state index contributed by atoms with van der Waals surface area (Å²) in [5, 5.41) is 58.5. The predicted molar refractivity (Wildman–Crippen MR) is 362 cm³/mol. The van der Waals surface area contributed by atoms with Gasteiger partial charge in [0.15, 0.2) is 6.61 Å². The molecule has 0 aromatic carbocycles. The molecule has 0 aliphatic carbocycles. The van der Waals surface area contributed by atoms with Crippen molar-refractivity contribution in [2.45, 2.75) is 192 Å². The third kappa shape index (κ3) is 33.5. The van der Waals surface area contributed by atoms with Crippen molar-refractivity contribution in [2.24, 2.45) is 51.1 Å². The molecule has 98 heavy (non-hydrogen) atoms. The molecular weight excluding hydrogens is 1560 g/mol. The van der Waals surface area contributed by atoms with E-state index in [1.807, 2.05) is 18.5 Å². The molecule has 0 amide bonds. The summed E-state index contributed by atoms with van der Waals surface area (Å²) >= 11 is 13.0. The second-order valence-electron chi connectivity index (χ2n) is 21.6. The summed E-state index contributed by atoms with van der Waals surface area (Å²) in [4.78, 5) is 72.6. The Kier molecular flexibility index (Phi) is 41.4. The molecule has 0 saturated heterocycles. The highest BCUT2D eigenvalue weighted by Gasteiger charge is 2.42. The van der Waals surface area contributed by atoms with Crippen LogP contribution in [0.4, 0.5) is 0 Å².